The van der Waals surface area contributed by atoms with Gasteiger partial charge in [0, 0.05) is 18.0 Å². The Kier molecular flexibility index (Phi) is 5.70. The molecule has 1 aromatic carbocycles. The molecule has 0 saturated carbocycles. The quantitative estimate of drug-likeness (QED) is 0.834. The van der Waals surface area contributed by atoms with Gasteiger partial charge in [0.25, 0.3) is 0 Å². The van der Waals surface area contributed by atoms with Crippen LogP contribution in [0.25, 0.3) is 0 Å². The van der Waals surface area contributed by atoms with Crippen LogP contribution in [0.3, 0.4) is 0 Å². The number of carbonyl (C=O) groups is 1. The maximum Gasteiger partial charge on any atom is 0.234 e. The highest BCUT2D eigenvalue weighted by molar-refractivity contribution is 9.11. The molecule has 0 fully saturated rings. The number of halogens is 2. The van der Waals surface area contributed by atoms with Gasteiger partial charge < -0.3 is 10.6 Å². The Bertz CT molecular complexity index is 571. The normalized spacial score (nSPS) is 10.5. The molecule has 0 atom stereocenters. The number of hydrogen-bond donors (Lipinski definition) is 2. The van der Waals surface area contributed by atoms with E-state index < -0.39 is 0 Å². The maximum atomic E-state index is 12.7. The van der Waals surface area contributed by atoms with Crippen molar-refractivity contribution in [2.24, 2.45) is 0 Å². The molecule has 2 aromatic rings. The summed E-state index contributed by atoms with van der Waals surface area (Å²) in [7, 11) is 0. The molecule has 0 radical (unpaired) electrons. The smallest absolute Gasteiger partial charge is 0.234 e. The van der Waals surface area contributed by atoms with Gasteiger partial charge in [-0.2, -0.15) is 0 Å². The van der Waals surface area contributed by atoms with Crippen LogP contribution in [-0.4, -0.2) is 12.5 Å². The molecule has 2 rings (SSSR count). The fourth-order valence-corrected chi connectivity index (χ4v) is 3.06. The fraction of sp³-hybridized carbons (Fsp3) is 0.214. The minimum atomic E-state index is -0.274. The van der Waals surface area contributed by atoms with Gasteiger partial charge in [0.2, 0.25) is 5.91 Å². The van der Waals surface area contributed by atoms with Gasteiger partial charge in [0.05, 0.1) is 10.3 Å². The van der Waals surface area contributed by atoms with E-state index in [0.717, 1.165) is 9.35 Å². The number of carbonyl (C=O) groups excluding carboxylic acids is 1. The van der Waals surface area contributed by atoms with E-state index >= 15 is 0 Å². The molecular weight excluding hydrogens is 343 g/mol. The molecule has 1 amide bonds. The van der Waals surface area contributed by atoms with Gasteiger partial charge in [0.1, 0.15) is 5.82 Å². The van der Waals surface area contributed by atoms with E-state index in [-0.39, 0.29) is 18.3 Å². The molecule has 1 heterocycles. The Morgan fingerprint density at radius 2 is 1.90 bits per heavy atom. The first-order valence-electron chi connectivity index (χ1n) is 6.09. The molecule has 0 unspecified atom stereocenters. The predicted molar refractivity (Wildman–Crippen MR) is 82.0 cm³/mol. The Hall–Kier alpha value is -1.24. The van der Waals surface area contributed by atoms with E-state index in [1.807, 2.05) is 12.1 Å². The highest BCUT2D eigenvalue weighted by Gasteiger charge is 2.02. The predicted octanol–water partition coefficient (Wildman–Crippen LogP) is 3.06. The zero-order valence-electron chi connectivity index (χ0n) is 10.7. The third kappa shape index (κ3) is 5.03. The minimum Gasteiger partial charge on any atom is -0.351 e. The molecule has 0 aliphatic rings. The zero-order chi connectivity index (χ0) is 14.4. The summed E-state index contributed by atoms with van der Waals surface area (Å²) in [5.74, 6) is -0.353. The van der Waals surface area contributed by atoms with Gasteiger partial charge in [-0.25, -0.2) is 4.39 Å². The Balaban J connectivity index is 1.66. The standard InChI is InChI=1S/C14H14BrFN2OS/c15-13-6-5-12(20-13)8-17-9-14(19)18-7-10-1-3-11(16)4-2-10/h1-6,17H,7-9H2,(H,18,19). The molecule has 20 heavy (non-hydrogen) atoms. The summed E-state index contributed by atoms with van der Waals surface area (Å²) in [6.07, 6.45) is 0. The van der Waals surface area contributed by atoms with Crippen LogP contribution in [0.15, 0.2) is 40.2 Å². The third-order valence-electron chi connectivity index (χ3n) is 2.62. The summed E-state index contributed by atoms with van der Waals surface area (Å²) < 4.78 is 13.8. The number of benzene rings is 1. The van der Waals surface area contributed by atoms with E-state index in [2.05, 4.69) is 26.6 Å². The van der Waals surface area contributed by atoms with Gasteiger partial charge in [-0.15, -0.1) is 11.3 Å². The van der Waals surface area contributed by atoms with Crippen LogP contribution in [0.4, 0.5) is 4.39 Å². The summed E-state index contributed by atoms with van der Waals surface area (Å²) in [6.45, 7) is 1.34. The van der Waals surface area contributed by atoms with Crippen molar-refractivity contribution in [1.82, 2.24) is 10.6 Å². The van der Waals surface area contributed by atoms with E-state index in [1.165, 1.54) is 17.0 Å². The van der Waals surface area contributed by atoms with Crippen molar-refractivity contribution < 1.29 is 9.18 Å². The average Bonchev–Trinajstić information content (AvgIpc) is 2.84. The second kappa shape index (κ2) is 7.52. The summed E-state index contributed by atoms with van der Waals surface area (Å²) in [5, 5.41) is 5.86. The van der Waals surface area contributed by atoms with Crippen LogP contribution in [0, 0.1) is 5.82 Å². The number of thiophene rings is 1. The van der Waals surface area contributed by atoms with Crippen molar-refractivity contribution in [2.75, 3.05) is 6.54 Å². The van der Waals surface area contributed by atoms with Crippen molar-refractivity contribution in [2.45, 2.75) is 13.1 Å². The lowest BCUT2D eigenvalue weighted by Crippen LogP contribution is -2.33. The number of amides is 1. The first-order valence-corrected chi connectivity index (χ1v) is 7.70. The molecule has 1 aromatic heterocycles. The number of rotatable bonds is 6. The topological polar surface area (TPSA) is 41.1 Å². The van der Waals surface area contributed by atoms with E-state index in [9.17, 15) is 9.18 Å². The summed E-state index contributed by atoms with van der Waals surface area (Å²) >= 11 is 5.03. The lowest BCUT2D eigenvalue weighted by atomic mass is 10.2. The number of hydrogen-bond acceptors (Lipinski definition) is 3. The van der Waals surface area contributed by atoms with Crippen LogP contribution in [0.5, 0.6) is 0 Å². The highest BCUT2D eigenvalue weighted by Crippen LogP contribution is 2.21. The average molecular weight is 357 g/mol. The van der Waals surface area contributed by atoms with Gasteiger partial charge in [-0.3, -0.25) is 4.79 Å². The van der Waals surface area contributed by atoms with E-state index in [0.29, 0.717) is 13.1 Å². The molecule has 0 saturated heterocycles. The molecule has 3 nitrogen and oxygen atoms in total. The van der Waals surface area contributed by atoms with Gasteiger partial charge in [0.15, 0.2) is 0 Å². The summed E-state index contributed by atoms with van der Waals surface area (Å²) in [4.78, 5) is 12.8. The van der Waals surface area contributed by atoms with Crippen molar-refractivity contribution in [1.29, 1.82) is 0 Å². The molecule has 6 heteroatoms. The van der Waals surface area contributed by atoms with Crippen molar-refractivity contribution in [3.8, 4) is 0 Å². The van der Waals surface area contributed by atoms with Crippen molar-refractivity contribution in [3.63, 3.8) is 0 Å². The first kappa shape index (κ1) is 15.2. The highest BCUT2D eigenvalue weighted by atomic mass is 79.9. The molecule has 0 aliphatic heterocycles. The lowest BCUT2D eigenvalue weighted by molar-refractivity contribution is -0.120. The second-order valence-electron chi connectivity index (χ2n) is 4.21. The molecule has 0 bridgehead atoms. The van der Waals surface area contributed by atoms with Crippen LogP contribution in [0.1, 0.15) is 10.4 Å². The van der Waals surface area contributed by atoms with Crippen LogP contribution in [0.2, 0.25) is 0 Å². The molecule has 0 spiro atoms. The SMILES string of the molecule is O=C(CNCc1ccc(Br)s1)NCc1ccc(F)cc1. The summed E-state index contributed by atoms with van der Waals surface area (Å²) in [5.41, 5.74) is 0.877. The fourth-order valence-electron chi connectivity index (χ4n) is 1.61. The Morgan fingerprint density at radius 3 is 2.55 bits per heavy atom. The van der Waals surface area contributed by atoms with E-state index in [1.54, 1.807) is 23.5 Å². The first-order chi connectivity index (χ1) is 9.63. The minimum absolute atomic E-state index is 0.0788. The number of nitrogens with one attached hydrogen (secondary N) is 2. The maximum absolute atomic E-state index is 12.7. The van der Waals surface area contributed by atoms with Gasteiger partial charge >= 0.3 is 0 Å². The molecule has 106 valence electrons. The molecule has 0 aliphatic carbocycles. The molecule has 2 N–H and O–H groups in total. The van der Waals surface area contributed by atoms with Crippen molar-refractivity contribution >= 4 is 33.2 Å². The monoisotopic (exact) mass is 356 g/mol. The summed E-state index contributed by atoms with van der Waals surface area (Å²) in [6, 6.07) is 10.1. The Labute approximate surface area is 129 Å². The van der Waals surface area contributed by atoms with Crippen molar-refractivity contribution in [3.05, 3.63) is 56.4 Å². The Morgan fingerprint density at radius 1 is 1.15 bits per heavy atom. The second-order valence-corrected chi connectivity index (χ2v) is 6.76. The molecular formula is C14H14BrFN2OS. The van der Waals surface area contributed by atoms with E-state index in [4.69, 9.17) is 0 Å². The third-order valence-corrected chi connectivity index (χ3v) is 4.24. The van der Waals surface area contributed by atoms with Gasteiger partial charge in [-0.05, 0) is 45.8 Å². The van der Waals surface area contributed by atoms with Crippen LogP contribution in [-0.2, 0) is 17.9 Å². The largest absolute Gasteiger partial charge is 0.351 e. The zero-order valence-corrected chi connectivity index (χ0v) is 13.1. The lowest BCUT2D eigenvalue weighted by Gasteiger charge is -2.06. The van der Waals surface area contributed by atoms with Crippen LogP contribution < -0.4 is 10.6 Å². The van der Waals surface area contributed by atoms with Gasteiger partial charge in [-0.1, -0.05) is 12.1 Å². The van der Waals surface area contributed by atoms with Crippen LogP contribution >= 0.6 is 27.3 Å².